The molecule has 0 atom stereocenters. The van der Waals surface area contributed by atoms with Gasteiger partial charge in [-0.05, 0) is 0 Å². The summed E-state index contributed by atoms with van der Waals surface area (Å²) in [5.41, 5.74) is 0. The number of hydrogen-bond acceptors (Lipinski definition) is 1. The molecule has 0 aliphatic heterocycles. The topological polar surface area (TPSA) is 17.1 Å². The minimum atomic E-state index is 0. The Morgan fingerprint density at radius 1 is 1.25 bits per heavy atom. The molecule has 0 aromatic carbocycles. The molecule has 0 aliphatic carbocycles. The van der Waals surface area contributed by atoms with Crippen LogP contribution in [-0.2, 0) is 37.1 Å². The maximum atomic E-state index is 8.00. The fraction of sp³-hybridized carbons (Fsp3) is 0. The molecule has 4 heavy (non-hydrogen) atoms. The summed E-state index contributed by atoms with van der Waals surface area (Å²) in [6.07, 6.45) is 0. The molecule has 0 aromatic rings. The Labute approximate surface area is 71.7 Å². The predicted octanol–water partition coefficient (Wildman–Crippen LogP) is -0.124. The quantitative estimate of drug-likeness (QED) is 0.556. The van der Waals surface area contributed by atoms with Crippen molar-refractivity contribution in [2.45, 2.75) is 0 Å². The van der Waals surface area contributed by atoms with Gasteiger partial charge in [0.1, 0.15) is 0 Å². The molecule has 0 saturated carbocycles. The van der Waals surface area contributed by atoms with Crippen LogP contribution < -0.4 is 0 Å². The van der Waals surface area contributed by atoms with Gasteiger partial charge < -0.3 is 0 Å². The van der Waals surface area contributed by atoms with Gasteiger partial charge in [-0.2, -0.15) is 0 Å². The Balaban J connectivity index is -0.00000000500. The van der Waals surface area contributed by atoms with Gasteiger partial charge in [-0.1, -0.05) is 0 Å². The van der Waals surface area contributed by atoms with Crippen LogP contribution in [0.2, 0.25) is 0 Å². The average Bonchev–Trinajstić information content (AvgIpc) is 1.00. The van der Waals surface area contributed by atoms with Crippen molar-refractivity contribution in [3.63, 3.8) is 0 Å². The Morgan fingerprint density at radius 2 is 1.25 bits per heavy atom. The van der Waals surface area contributed by atoms with Gasteiger partial charge in [-0.3, -0.25) is 0 Å². The van der Waals surface area contributed by atoms with Crippen LogP contribution >= 0.6 is 0 Å². The van der Waals surface area contributed by atoms with Crippen molar-refractivity contribution in [1.29, 1.82) is 0 Å². The van der Waals surface area contributed by atoms with Crippen LogP contribution in [-0.4, -0.2) is 0 Å². The van der Waals surface area contributed by atoms with E-state index in [1.165, 1.54) is 0 Å². The van der Waals surface area contributed by atoms with Crippen LogP contribution in [0.1, 0.15) is 0 Å². The van der Waals surface area contributed by atoms with E-state index < -0.39 is 0 Å². The third-order valence-electron chi connectivity index (χ3n) is 0. The summed E-state index contributed by atoms with van der Waals surface area (Å²) >= 11 is 2.00. The van der Waals surface area contributed by atoms with E-state index in [0.717, 1.165) is 0 Å². The summed E-state index contributed by atoms with van der Waals surface area (Å²) in [5, 5.41) is 0. The van der Waals surface area contributed by atoms with Crippen molar-refractivity contribution in [2.24, 2.45) is 0 Å². The van der Waals surface area contributed by atoms with Gasteiger partial charge in [0.15, 0.2) is 0 Å². The molecule has 1 radical (unpaired) electrons. The zero-order valence-electron chi connectivity index (χ0n) is 1.75. The van der Waals surface area contributed by atoms with Crippen LogP contribution in [0.3, 0.4) is 0 Å². The molecule has 0 amide bonds. The van der Waals surface area contributed by atoms with E-state index in [2.05, 4.69) is 0 Å². The second-order valence-electron chi connectivity index (χ2n) is 0. The Morgan fingerprint density at radius 3 is 1.25 bits per heavy atom. The third kappa shape index (κ3) is 8.97. The van der Waals surface area contributed by atoms with Crippen molar-refractivity contribution in [2.75, 3.05) is 0 Å². The van der Waals surface area contributed by atoms with Crippen molar-refractivity contribution in [1.82, 2.24) is 0 Å². The normalized spacial score (nSPS) is 1.25. The van der Waals surface area contributed by atoms with Gasteiger partial charge in [-0.25, -0.2) is 0 Å². The molecule has 4 heteroatoms. The molecule has 1 nitrogen and oxygen atoms in total. The molecule has 0 bridgehead atoms. The Kier molecular flexibility index (Phi) is 81.8. The van der Waals surface area contributed by atoms with Crippen LogP contribution in [0.25, 0.3) is 0 Å². The summed E-state index contributed by atoms with van der Waals surface area (Å²) in [7, 11) is 0. The molecule has 0 heterocycles. The van der Waals surface area contributed by atoms with Gasteiger partial charge in [-0.15, -0.1) is 0 Å². The molecule has 0 rings (SSSR count). The van der Waals surface area contributed by atoms with E-state index in [4.69, 9.17) is 3.83 Å². The van der Waals surface area contributed by atoms with E-state index in [1.807, 2.05) is 15.9 Å². The predicted molar refractivity (Wildman–Crippen MR) is 0.686 cm³/mol. The Bertz CT molecular complexity index is 8.00. The van der Waals surface area contributed by atoms with Gasteiger partial charge in [0, 0.05) is 53.0 Å². The van der Waals surface area contributed by atoms with E-state index in [-0.39, 0.29) is 53.0 Å². The van der Waals surface area contributed by atoms with E-state index in [9.17, 15) is 0 Å². The minimum absolute atomic E-state index is 0. The van der Waals surface area contributed by atoms with Crippen molar-refractivity contribution in [3.8, 4) is 0 Å². The first-order valence-electron chi connectivity index (χ1n) is 0.144. The molecular formula is CrFeLaO. The molecule has 23 valence electrons. The molecular weight excluding hydrogens is 263 g/mol. The molecule has 0 unspecified atom stereocenters. The summed E-state index contributed by atoms with van der Waals surface area (Å²) in [6.45, 7) is 0. The third-order valence-corrected chi connectivity index (χ3v) is 0. The van der Waals surface area contributed by atoms with Gasteiger partial charge >= 0.3 is 19.8 Å². The first-order valence-corrected chi connectivity index (χ1v) is 0.595. The fourth-order valence-electron chi connectivity index (χ4n) is 0. The standard InChI is InChI=1S/Cr.Fe.La.O. The maximum absolute atomic E-state index is 8.00. The second-order valence-corrected chi connectivity index (χ2v) is 0. The molecule has 0 N–H and O–H groups in total. The molecule has 0 saturated heterocycles. The summed E-state index contributed by atoms with van der Waals surface area (Å²) < 4.78 is 8.00. The zero-order valence-corrected chi connectivity index (χ0v) is 7.75. The summed E-state index contributed by atoms with van der Waals surface area (Å²) in [6, 6.07) is 0. The van der Waals surface area contributed by atoms with E-state index in [1.54, 1.807) is 0 Å². The molecule has 0 spiro atoms. The summed E-state index contributed by atoms with van der Waals surface area (Å²) in [4.78, 5) is 0. The monoisotopic (exact) mass is 263 g/mol. The second kappa shape index (κ2) is 19.7. The van der Waals surface area contributed by atoms with Gasteiger partial charge in [0.05, 0.1) is 0 Å². The first kappa shape index (κ1) is 16.6. The van der Waals surface area contributed by atoms with Crippen LogP contribution in [0.15, 0.2) is 0 Å². The molecule has 0 fully saturated rings. The van der Waals surface area contributed by atoms with E-state index >= 15 is 0 Å². The average molecular weight is 263 g/mol. The van der Waals surface area contributed by atoms with Crippen molar-refractivity contribution in [3.05, 3.63) is 0 Å². The zero-order chi connectivity index (χ0) is 2.00. The summed E-state index contributed by atoms with van der Waals surface area (Å²) in [5.74, 6) is 0. The number of rotatable bonds is 0. The van der Waals surface area contributed by atoms with Crippen molar-refractivity contribution < 1.29 is 72.7 Å². The number of hydrogen-bond donors (Lipinski definition) is 0. The SMILES string of the molecule is [Cr].[La].[O]=[Fe]. The van der Waals surface area contributed by atoms with Gasteiger partial charge in [0.25, 0.3) is 0 Å². The first-order chi connectivity index (χ1) is 1.00. The van der Waals surface area contributed by atoms with Gasteiger partial charge in [0.2, 0.25) is 0 Å². The Hall–Kier alpha value is 2.05. The fourth-order valence-corrected chi connectivity index (χ4v) is 0. The van der Waals surface area contributed by atoms with Crippen molar-refractivity contribution >= 4 is 0 Å². The van der Waals surface area contributed by atoms with Crippen LogP contribution in [0, 0.1) is 35.6 Å². The molecule has 0 aromatic heterocycles. The van der Waals surface area contributed by atoms with Crippen LogP contribution in [0.5, 0.6) is 0 Å². The van der Waals surface area contributed by atoms with Crippen LogP contribution in [0.4, 0.5) is 0 Å². The van der Waals surface area contributed by atoms with E-state index in [0.29, 0.717) is 0 Å². The molecule has 0 aliphatic rings.